The van der Waals surface area contributed by atoms with Crippen LogP contribution in [0.1, 0.15) is 44.7 Å². The van der Waals surface area contributed by atoms with Crippen molar-refractivity contribution >= 4 is 17.4 Å². The third kappa shape index (κ3) is 2.20. The summed E-state index contributed by atoms with van der Waals surface area (Å²) in [6.07, 6.45) is 8.62. The number of alkyl halides is 1. The Morgan fingerprint density at radius 3 is 2.67 bits per heavy atom. The number of piperidine rings is 1. The van der Waals surface area contributed by atoms with Crippen molar-refractivity contribution in [3.63, 3.8) is 0 Å². The summed E-state index contributed by atoms with van der Waals surface area (Å²) in [5.74, 6) is 1.12. The summed E-state index contributed by atoms with van der Waals surface area (Å²) < 4.78 is 0. The van der Waals surface area contributed by atoms with Gasteiger partial charge in [-0.05, 0) is 32.1 Å². The van der Waals surface area contributed by atoms with Gasteiger partial charge in [0.05, 0.1) is 0 Å². The predicted molar refractivity (Wildman–Crippen MR) is 74.2 cm³/mol. The summed E-state index contributed by atoms with van der Waals surface area (Å²) in [4.78, 5) is 11.3. The minimum atomic E-state index is 0.357. The van der Waals surface area contributed by atoms with Gasteiger partial charge in [-0.1, -0.05) is 13.3 Å². The summed E-state index contributed by atoms with van der Waals surface area (Å²) in [7, 11) is 0. The zero-order valence-corrected chi connectivity index (χ0v) is 11.6. The van der Waals surface area contributed by atoms with E-state index in [4.69, 9.17) is 11.6 Å². The Morgan fingerprint density at radius 2 is 2.00 bits per heavy atom. The normalized spacial score (nSPS) is 30.8. The highest BCUT2D eigenvalue weighted by atomic mass is 35.5. The molecule has 0 radical (unpaired) electrons. The lowest BCUT2D eigenvalue weighted by molar-refractivity contribution is 0.470. The second-order valence-electron chi connectivity index (χ2n) is 5.48. The summed E-state index contributed by atoms with van der Waals surface area (Å²) in [6, 6.07) is 3.36. The van der Waals surface area contributed by atoms with E-state index >= 15 is 0 Å². The lowest BCUT2D eigenvalue weighted by Gasteiger charge is -2.37. The van der Waals surface area contributed by atoms with Crippen LogP contribution in [0.2, 0.25) is 0 Å². The fourth-order valence-corrected chi connectivity index (χ4v) is 3.82. The Hall–Kier alpha value is -0.830. The molecule has 3 heterocycles. The minimum absolute atomic E-state index is 0.357. The SMILES string of the molecule is CCCc1cc(N2C3CCC2CC(Cl)C3)ncn1. The first-order valence-electron chi connectivity index (χ1n) is 7.01. The Bertz CT molecular complexity index is 409. The van der Waals surface area contributed by atoms with Gasteiger partial charge in [0.1, 0.15) is 12.1 Å². The summed E-state index contributed by atoms with van der Waals surface area (Å²) in [5.41, 5.74) is 1.16. The number of aromatic nitrogens is 2. The van der Waals surface area contributed by atoms with Crippen LogP contribution in [0.3, 0.4) is 0 Å². The van der Waals surface area contributed by atoms with Crippen LogP contribution in [-0.4, -0.2) is 27.4 Å². The number of rotatable bonds is 3. The van der Waals surface area contributed by atoms with E-state index in [0.29, 0.717) is 17.5 Å². The summed E-state index contributed by atoms with van der Waals surface area (Å²) in [6.45, 7) is 2.18. The molecule has 1 aromatic rings. The highest BCUT2D eigenvalue weighted by molar-refractivity contribution is 6.20. The van der Waals surface area contributed by atoms with Crippen LogP contribution in [0.25, 0.3) is 0 Å². The smallest absolute Gasteiger partial charge is 0.132 e. The number of nitrogens with zero attached hydrogens (tertiary/aromatic N) is 3. The van der Waals surface area contributed by atoms with Crippen LogP contribution in [0.5, 0.6) is 0 Å². The zero-order valence-electron chi connectivity index (χ0n) is 10.8. The molecule has 3 nitrogen and oxygen atoms in total. The molecule has 2 atom stereocenters. The quantitative estimate of drug-likeness (QED) is 0.786. The molecule has 0 saturated carbocycles. The Kier molecular flexibility index (Phi) is 3.42. The van der Waals surface area contributed by atoms with Gasteiger partial charge < -0.3 is 4.90 Å². The van der Waals surface area contributed by atoms with E-state index in [-0.39, 0.29) is 0 Å². The van der Waals surface area contributed by atoms with Gasteiger partial charge in [-0.2, -0.15) is 0 Å². The lowest BCUT2D eigenvalue weighted by Crippen LogP contribution is -2.44. The third-order valence-corrected chi connectivity index (χ3v) is 4.51. The van der Waals surface area contributed by atoms with Gasteiger partial charge in [0.25, 0.3) is 0 Å². The fourth-order valence-electron chi connectivity index (χ4n) is 3.40. The number of halogens is 1. The molecule has 0 amide bonds. The first kappa shape index (κ1) is 12.2. The first-order valence-corrected chi connectivity index (χ1v) is 7.45. The number of fused-ring (bicyclic) bond motifs is 2. The van der Waals surface area contributed by atoms with E-state index in [2.05, 4.69) is 27.9 Å². The van der Waals surface area contributed by atoms with Crippen LogP contribution in [-0.2, 0) is 6.42 Å². The molecule has 2 unspecified atom stereocenters. The van der Waals surface area contributed by atoms with Crippen molar-refractivity contribution in [1.82, 2.24) is 9.97 Å². The number of aryl methyl sites for hydroxylation is 1. The molecule has 2 fully saturated rings. The molecular formula is C14H20ClN3. The highest BCUT2D eigenvalue weighted by Crippen LogP contribution is 2.40. The van der Waals surface area contributed by atoms with Gasteiger partial charge >= 0.3 is 0 Å². The number of anilines is 1. The Labute approximate surface area is 114 Å². The van der Waals surface area contributed by atoms with Gasteiger partial charge in [0, 0.05) is 29.2 Å². The predicted octanol–water partition coefficient (Wildman–Crippen LogP) is 3.17. The van der Waals surface area contributed by atoms with Crippen molar-refractivity contribution in [1.29, 1.82) is 0 Å². The molecule has 0 N–H and O–H groups in total. The van der Waals surface area contributed by atoms with E-state index in [1.165, 1.54) is 12.8 Å². The maximum Gasteiger partial charge on any atom is 0.132 e. The average molecular weight is 266 g/mol. The van der Waals surface area contributed by atoms with Crippen molar-refractivity contribution < 1.29 is 0 Å². The maximum absolute atomic E-state index is 6.32. The molecule has 18 heavy (non-hydrogen) atoms. The van der Waals surface area contributed by atoms with E-state index in [1.54, 1.807) is 6.33 Å². The Morgan fingerprint density at radius 1 is 1.28 bits per heavy atom. The van der Waals surface area contributed by atoms with Crippen LogP contribution in [0, 0.1) is 0 Å². The molecule has 2 saturated heterocycles. The molecule has 3 rings (SSSR count). The average Bonchev–Trinajstić information content (AvgIpc) is 2.63. The van der Waals surface area contributed by atoms with E-state index < -0.39 is 0 Å². The standard InChI is InChI=1S/C14H20ClN3/c1-2-3-11-8-14(17-9-16-11)18-12-4-5-13(18)7-10(15)6-12/h8-10,12-13H,2-7H2,1H3. The van der Waals surface area contributed by atoms with Crippen LogP contribution in [0.4, 0.5) is 5.82 Å². The highest BCUT2D eigenvalue weighted by Gasteiger charge is 2.40. The monoisotopic (exact) mass is 265 g/mol. The van der Waals surface area contributed by atoms with Crippen molar-refractivity contribution in [3.8, 4) is 0 Å². The van der Waals surface area contributed by atoms with E-state index in [0.717, 1.165) is 37.2 Å². The van der Waals surface area contributed by atoms with Crippen molar-refractivity contribution in [2.75, 3.05) is 4.90 Å². The molecule has 2 aliphatic heterocycles. The van der Waals surface area contributed by atoms with Gasteiger partial charge in [0.2, 0.25) is 0 Å². The van der Waals surface area contributed by atoms with Crippen molar-refractivity contribution in [3.05, 3.63) is 18.1 Å². The van der Waals surface area contributed by atoms with Gasteiger partial charge in [0.15, 0.2) is 0 Å². The van der Waals surface area contributed by atoms with Crippen molar-refractivity contribution in [2.24, 2.45) is 0 Å². The molecule has 2 aliphatic rings. The third-order valence-electron chi connectivity index (χ3n) is 4.16. The number of hydrogen-bond donors (Lipinski definition) is 0. The van der Waals surface area contributed by atoms with Gasteiger partial charge in [-0.25, -0.2) is 9.97 Å². The van der Waals surface area contributed by atoms with E-state index in [1.807, 2.05) is 0 Å². The molecule has 2 bridgehead atoms. The van der Waals surface area contributed by atoms with E-state index in [9.17, 15) is 0 Å². The van der Waals surface area contributed by atoms with Gasteiger partial charge in [-0.3, -0.25) is 0 Å². The second-order valence-corrected chi connectivity index (χ2v) is 6.10. The lowest BCUT2D eigenvalue weighted by atomic mass is 10.0. The van der Waals surface area contributed by atoms with Crippen LogP contribution < -0.4 is 4.90 Å². The maximum atomic E-state index is 6.32. The molecular weight excluding hydrogens is 246 g/mol. The molecule has 0 aromatic carbocycles. The molecule has 4 heteroatoms. The van der Waals surface area contributed by atoms with Crippen molar-refractivity contribution in [2.45, 2.75) is 62.9 Å². The second kappa shape index (κ2) is 5.04. The van der Waals surface area contributed by atoms with Crippen LogP contribution >= 0.6 is 11.6 Å². The fraction of sp³-hybridized carbons (Fsp3) is 0.714. The minimum Gasteiger partial charge on any atom is -0.350 e. The topological polar surface area (TPSA) is 29.0 Å². The van der Waals surface area contributed by atoms with Gasteiger partial charge in [-0.15, -0.1) is 11.6 Å². The number of hydrogen-bond acceptors (Lipinski definition) is 3. The Balaban J connectivity index is 1.84. The zero-order chi connectivity index (χ0) is 12.5. The molecule has 1 aromatic heterocycles. The summed E-state index contributed by atoms with van der Waals surface area (Å²) >= 11 is 6.32. The van der Waals surface area contributed by atoms with Crippen LogP contribution in [0.15, 0.2) is 12.4 Å². The largest absolute Gasteiger partial charge is 0.350 e. The molecule has 0 aliphatic carbocycles. The summed E-state index contributed by atoms with van der Waals surface area (Å²) in [5, 5.41) is 0.357. The first-order chi connectivity index (χ1) is 8.78. The molecule has 0 spiro atoms. The molecule has 98 valence electrons.